The molecule has 1 aromatic heterocycles. The molecule has 1 fully saturated rings. The molecule has 32 heavy (non-hydrogen) atoms. The van der Waals surface area contributed by atoms with Gasteiger partial charge in [0.05, 0.1) is 12.2 Å². The number of aromatic hydroxyl groups is 1. The normalized spacial score (nSPS) is 20.6. The van der Waals surface area contributed by atoms with Gasteiger partial charge in [-0.3, -0.25) is 4.79 Å². The first kappa shape index (κ1) is 20.2. The maximum Gasteiger partial charge on any atom is 0.234 e. The predicted molar refractivity (Wildman–Crippen MR) is 120 cm³/mol. The van der Waals surface area contributed by atoms with Crippen LogP contribution >= 0.6 is 0 Å². The molecular weight excluding hydrogens is 409 g/mol. The molecule has 2 aliphatic rings. The van der Waals surface area contributed by atoms with Gasteiger partial charge >= 0.3 is 0 Å². The summed E-state index contributed by atoms with van der Waals surface area (Å²) < 4.78 is 15.0. The van der Waals surface area contributed by atoms with Crippen LogP contribution in [0.4, 0.5) is 15.9 Å². The standard InChI is InChI=1S/C24H24FN5O2/c1-16-22(23(17-3-2-4-20(31)15-17)30-21(27-16)9-10-26-30)24(32)29-13-11-28(12-14-29)19-7-5-18(25)6-8-19/h2-10,15,22-23,31H,11-14H2,1H3. The minimum Gasteiger partial charge on any atom is -0.508 e. The van der Waals surface area contributed by atoms with Crippen LogP contribution in [0.15, 0.2) is 65.8 Å². The van der Waals surface area contributed by atoms with Gasteiger partial charge in [-0.05, 0) is 48.9 Å². The SMILES string of the molecule is CC1=Nc2ccnn2C(c2cccc(O)c2)C1C(=O)N1CCN(c2ccc(F)cc2)CC1. The molecule has 7 nitrogen and oxygen atoms in total. The average molecular weight is 433 g/mol. The van der Waals surface area contributed by atoms with Crippen molar-refractivity contribution in [1.29, 1.82) is 0 Å². The number of amides is 1. The number of carbonyl (C=O) groups is 1. The van der Waals surface area contributed by atoms with Gasteiger partial charge in [-0.25, -0.2) is 14.1 Å². The van der Waals surface area contributed by atoms with Crippen molar-refractivity contribution in [3.63, 3.8) is 0 Å². The molecule has 2 aromatic carbocycles. The summed E-state index contributed by atoms with van der Waals surface area (Å²) >= 11 is 0. The molecule has 2 atom stereocenters. The summed E-state index contributed by atoms with van der Waals surface area (Å²) in [6.07, 6.45) is 1.68. The first-order valence-corrected chi connectivity index (χ1v) is 10.7. The highest BCUT2D eigenvalue weighted by Gasteiger charge is 2.40. The third-order valence-electron chi connectivity index (χ3n) is 6.23. The quantitative estimate of drug-likeness (QED) is 0.687. The molecule has 2 unspecified atom stereocenters. The van der Waals surface area contributed by atoms with Crippen LogP contribution < -0.4 is 4.90 Å². The number of anilines is 1. The second-order valence-electron chi connectivity index (χ2n) is 8.19. The lowest BCUT2D eigenvalue weighted by Crippen LogP contribution is -2.53. The lowest BCUT2D eigenvalue weighted by atomic mass is 9.86. The fourth-order valence-corrected chi connectivity index (χ4v) is 4.62. The summed E-state index contributed by atoms with van der Waals surface area (Å²) in [4.78, 5) is 22.4. The van der Waals surface area contributed by atoms with Crippen LogP contribution in [0.3, 0.4) is 0 Å². The Morgan fingerprint density at radius 2 is 1.81 bits per heavy atom. The van der Waals surface area contributed by atoms with Gasteiger partial charge in [-0.1, -0.05) is 12.1 Å². The maximum absolute atomic E-state index is 13.7. The van der Waals surface area contributed by atoms with Crippen molar-refractivity contribution in [2.75, 3.05) is 31.1 Å². The van der Waals surface area contributed by atoms with E-state index in [4.69, 9.17) is 0 Å². The summed E-state index contributed by atoms with van der Waals surface area (Å²) in [5.41, 5.74) is 2.50. The molecule has 1 saturated heterocycles. The van der Waals surface area contributed by atoms with E-state index in [2.05, 4.69) is 15.0 Å². The number of fused-ring (bicyclic) bond motifs is 1. The molecule has 1 N–H and O–H groups in total. The van der Waals surface area contributed by atoms with Crippen molar-refractivity contribution < 1.29 is 14.3 Å². The van der Waals surface area contributed by atoms with Crippen LogP contribution in [0, 0.1) is 11.7 Å². The zero-order valence-corrected chi connectivity index (χ0v) is 17.7. The number of aliphatic imine (C=N–C) groups is 1. The number of aromatic nitrogens is 2. The van der Waals surface area contributed by atoms with Crippen molar-refractivity contribution in [1.82, 2.24) is 14.7 Å². The van der Waals surface area contributed by atoms with Crippen molar-refractivity contribution in [3.05, 3.63) is 72.2 Å². The van der Waals surface area contributed by atoms with E-state index in [1.165, 1.54) is 12.1 Å². The second-order valence-corrected chi connectivity index (χ2v) is 8.19. The molecule has 3 heterocycles. The van der Waals surface area contributed by atoms with Crippen molar-refractivity contribution in [2.24, 2.45) is 10.9 Å². The molecule has 8 heteroatoms. The number of benzene rings is 2. The fourth-order valence-electron chi connectivity index (χ4n) is 4.62. The van der Waals surface area contributed by atoms with Crippen LogP contribution in [-0.4, -0.2) is 57.6 Å². The van der Waals surface area contributed by atoms with Crippen molar-refractivity contribution in [3.8, 4) is 5.75 Å². The van der Waals surface area contributed by atoms with E-state index in [1.807, 2.05) is 24.0 Å². The summed E-state index contributed by atoms with van der Waals surface area (Å²) in [5.74, 6) is 0.0724. The van der Waals surface area contributed by atoms with Crippen LogP contribution in [0.25, 0.3) is 0 Å². The number of hydrogen-bond donors (Lipinski definition) is 1. The largest absolute Gasteiger partial charge is 0.508 e. The van der Waals surface area contributed by atoms with Crippen molar-refractivity contribution >= 4 is 23.1 Å². The summed E-state index contributed by atoms with van der Waals surface area (Å²) in [6.45, 7) is 4.36. The molecule has 0 aliphatic carbocycles. The van der Waals surface area contributed by atoms with Crippen LogP contribution in [-0.2, 0) is 4.79 Å². The first-order chi connectivity index (χ1) is 15.5. The molecule has 5 rings (SSSR count). The number of hydrogen-bond acceptors (Lipinski definition) is 5. The van der Waals surface area contributed by atoms with Crippen LogP contribution in [0.5, 0.6) is 5.75 Å². The summed E-state index contributed by atoms with van der Waals surface area (Å²) in [6, 6.07) is 14.9. The van der Waals surface area contributed by atoms with Crippen LogP contribution in [0.1, 0.15) is 18.5 Å². The highest BCUT2D eigenvalue weighted by Crippen LogP contribution is 2.38. The molecule has 0 spiro atoms. The molecular formula is C24H24FN5O2. The molecule has 164 valence electrons. The molecule has 0 saturated carbocycles. The smallest absolute Gasteiger partial charge is 0.234 e. The lowest BCUT2D eigenvalue weighted by molar-refractivity contribution is -0.134. The first-order valence-electron chi connectivity index (χ1n) is 10.7. The number of piperazine rings is 1. The second kappa shape index (κ2) is 8.11. The molecule has 3 aromatic rings. The number of phenols is 1. The van der Waals surface area contributed by atoms with Gasteiger partial charge in [0.15, 0.2) is 5.82 Å². The Kier molecular flexibility index (Phi) is 5.13. The van der Waals surface area contributed by atoms with E-state index in [0.29, 0.717) is 32.0 Å². The van der Waals surface area contributed by atoms with Gasteiger partial charge in [0.2, 0.25) is 5.91 Å². The zero-order valence-electron chi connectivity index (χ0n) is 17.7. The topological polar surface area (TPSA) is 74.0 Å². The van der Waals surface area contributed by atoms with Gasteiger partial charge in [0.1, 0.15) is 17.5 Å². The summed E-state index contributed by atoms with van der Waals surface area (Å²) in [5, 5.41) is 14.5. The van der Waals surface area contributed by atoms with Gasteiger partial charge in [0.25, 0.3) is 0 Å². The van der Waals surface area contributed by atoms with E-state index in [1.54, 1.807) is 41.2 Å². The van der Waals surface area contributed by atoms with E-state index < -0.39 is 5.92 Å². The summed E-state index contributed by atoms with van der Waals surface area (Å²) in [7, 11) is 0. The molecule has 2 aliphatic heterocycles. The van der Waals surface area contributed by atoms with Gasteiger partial charge in [-0.15, -0.1) is 0 Å². The number of carbonyl (C=O) groups excluding carboxylic acids is 1. The Labute approximate surface area is 185 Å². The Bertz CT molecular complexity index is 1170. The van der Waals surface area contributed by atoms with Gasteiger partial charge in [-0.2, -0.15) is 5.10 Å². The third kappa shape index (κ3) is 3.62. The Morgan fingerprint density at radius 1 is 1.06 bits per heavy atom. The van der Waals surface area contributed by atoms with Gasteiger partial charge in [0, 0.05) is 43.6 Å². The Hall–Kier alpha value is -3.68. The number of rotatable bonds is 3. The Balaban J connectivity index is 1.40. The highest BCUT2D eigenvalue weighted by molar-refractivity contribution is 6.05. The third-order valence-corrected chi connectivity index (χ3v) is 6.23. The molecule has 0 bridgehead atoms. The van der Waals surface area contributed by atoms with E-state index in [0.717, 1.165) is 17.0 Å². The number of halogens is 1. The maximum atomic E-state index is 13.7. The minimum atomic E-state index is -0.512. The van der Waals surface area contributed by atoms with E-state index in [9.17, 15) is 14.3 Å². The lowest BCUT2D eigenvalue weighted by Gasteiger charge is -2.40. The monoisotopic (exact) mass is 433 g/mol. The number of nitrogens with zero attached hydrogens (tertiary/aromatic N) is 5. The van der Waals surface area contributed by atoms with Gasteiger partial charge < -0.3 is 14.9 Å². The molecule has 0 radical (unpaired) electrons. The van der Waals surface area contributed by atoms with Crippen molar-refractivity contribution in [2.45, 2.75) is 13.0 Å². The van der Waals surface area contributed by atoms with Crippen LogP contribution in [0.2, 0.25) is 0 Å². The average Bonchev–Trinajstić information content (AvgIpc) is 3.26. The predicted octanol–water partition coefficient (Wildman–Crippen LogP) is 3.39. The highest BCUT2D eigenvalue weighted by atomic mass is 19.1. The molecule has 1 amide bonds. The fraction of sp³-hybridized carbons (Fsp3) is 0.292. The Morgan fingerprint density at radius 3 is 2.53 bits per heavy atom. The number of phenolic OH excluding ortho intramolecular Hbond substituents is 1. The minimum absolute atomic E-state index is 0.000464. The van der Waals surface area contributed by atoms with E-state index >= 15 is 0 Å². The zero-order chi connectivity index (χ0) is 22.2. The van der Waals surface area contributed by atoms with E-state index in [-0.39, 0.29) is 23.5 Å².